The van der Waals surface area contributed by atoms with Crippen LogP contribution >= 0.6 is 0 Å². The molecule has 0 aliphatic heterocycles. The number of nitrogens with zero attached hydrogens (tertiary/aromatic N) is 3. The van der Waals surface area contributed by atoms with Crippen LogP contribution in [0.15, 0.2) is 54.7 Å². The summed E-state index contributed by atoms with van der Waals surface area (Å²) >= 11 is 0. The lowest BCUT2D eigenvalue weighted by Crippen LogP contribution is -2.14. The lowest BCUT2D eigenvalue weighted by atomic mass is 10.1. The average molecular weight is 464 g/mol. The molecule has 4 rings (SSSR count). The van der Waals surface area contributed by atoms with Crippen LogP contribution in [0.2, 0.25) is 0 Å². The molecule has 0 spiro atoms. The van der Waals surface area contributed by atoms with Crippen LogP contribution in [0.4, 0.5) is 14.5 Å². The number of carbonyl (C=O) groups excluding carboxylic acids is 1. The van der Waals surface area contributed by atoms with Crippen LogP contribution in [-0.2, 0) is 0 Å². The molecule has 9 heteroatoms. The molecule has 0 radical (unpaired) electrons. The molecule has 1 N–H and O–H groups in total. The highest BCUT2D eigenvalue weighted by Crippen LogP contribution is 2.31. The van der Waals surface area contributed by atoms with Gasteiger partial charge in [0.2, 0.25) is 5.88 Å². The summed E-state index contributed by atoms with van der Waals surface area (Å²) in [7, 11) is 1.56. The molecule has 2 aromatic heterocycles. The molecule has 0 fully saturated rings. The van der Waals surface area contributed by atoms with Gasteiger partial charge in [-0.2, -0.15) is 5.10 Å². The number of ether oxygens (including phenoxy) is 2. The average Bonchev–Trinajstić information content (AvgIpc) is 3.09. The van der Waals surface area contributed by atoms with Gasteiger partial charge in [0.25, 0.3) is 5.91 Å². The van der Waals surface area contributed by atoms with E-state index in [4.69, 9.17) is 9.47 Å². The summed E-state index contributed by atoms with van der Waals surface area (Å²) in [5, 5.41) is 7.02. The molecule has 7 nitrogen and oxygen atoms in total. The fourth-order valence-corrected chi connectivity index (χ4v) is 3.54. The molecule has 0 saturated heterocycles. The van der Waals surface area contributed by atoms with E-state index in [2.05, 4.69) is 15.4 Å². The summed E-state index contributed by atoms with van der Waals surface area (Å²) in [6.07, 6.45) is 1.46. The summed E-state index contributed by atoms with van der Waals surface area (Å²) in [4.78, 5) is 17.2. The van der Waals surface area contributed by atoms with Crippen molar-refractivity contribution in [1.82, 2.24) is 14.8 Å². The van der Waals surface area contributed by atoms with Gasteiger partial charge in [-0.15, -0.1) is 0 Å². The normalized spacial score (nSPS) is 10.8. The second-order valence-electron chi connectivity index (χ2n) is 7.65. The number of hydrogen-bond donors (Lipinski definition) is 1. The number of benzene rings is 2. The number of amides is 1. The molecule has 174 valence electrons. The van der Waals surface area contributed by atoms with Crippen LogP contribution in [0, 0.1) is 32.4 Å². The van der Waals surface area contributed by atoms with Gasteiger partial charge in [0.15, 0.2) is 17.3 Å². The van der Waals surface area contributed by atoms with Gasteiger partial charge in [0.1, 0.15) is 11.5 Å². The van der Waals surface area contributed by atoms with Gasteiger partial charge < -0.3 is 14.8 Å². The van der Waals surface area contributed by atoms with Crippen LogP contribution in [0.25, 0.3) is 5.69 Å². The van der Waals surface area contributed by atoms with Gasteiger partial charge in [0, 0.05) is 12.1 Å². The fraction of sp³-hybridized carbons (Fsp3) is 0.160. The predicted molar refractivity (Wildman–Crippen MR) is 123 cm³/mol. The maximum Gasteiger partial charge on any atom is 0.259 e. The lowest BCUT2D eigenvalue weighted by molar-refractivity contribution is 0.102. The van der Waals surface area contributed by atoms with Gasteiger partial charge in [-0.05, 0) is 56.7 Å². The third-order valence-electron chi connectivity index (χ3n) is 5.18. The Morgan fingerprint density at radius 3 is 2.47 bits per heavy atom. The number of aryl methyl sites for hydroxylation is 2. The van der Waals surface area contributed by atoms with Crippen molar-refractivity contribution in [2.24, 2.45) is 0 Å². The largest absolute Gasteiger partial charge is 0.493 e. The second kappa shape index (κ2) is 9.30. The lowest BCUT2D eigenvalue weighted by Gasteiger charge is -2.11. The monoisotopic (exact) mass is 464 g/mol. The van der Waals surface area contributed by atoms with Crippen LogP contribution in [0.5, 0.6) is 17.4 Å². The van der Waals surface area contributed by atoms with Crippen LogP contribution < -0.4 is 14.8 Å². The number of nitrogens with one attached hydrogen (secondary N) is 1. The van der Waals surface area contributed by atoms with Gasteiger partial charge in [-0.1, -0.05) is 6.07 Å². The van der Waals surface area contributed by atoms with E-state index in [1.54, 1.807) is 39.2 Å². The van der Waals surface area contributed by atoms with Crippen LogP contribution in [-0.4, -0.2) is 27.8 Å². The Hall–Kier alpha value is -4.27. The van der Waals surface area contributed by atoms with E-state index >= 15 is 0 Å². The summed E-state index contributed by atoms with van der Waals surface area (Å²) in [6.45, 7) is 5.23. The molecule has 1 amide bonds. The highest BCUT2D eigenvalue weighted by molar-refractivity contribution is 6.05. The number of anilines is 1. The van der Waals surface area contributed by atoms with Gasteiger partial charge >= 0.3 is 0 Å². The maximum atomic E-state index is 14.2. The quantitative estimate of drug-likeness (QED) is 0.406. The van der Waals surface area contributed by atoms with Crippen molar-refractivity contribution in [1.29, 1.82) is 0 Å². The van der Waals surface area contributed by atoms with Gasteiger partial charge in [0.05, 0.1) is 35.9 Å². The Morgan fingerprint density at radius 2 is 1.79 bits per heavy atom. The Balaban J connectivity index is 1.52. The van der Waals surface area contributed by atoms with Crippen molar-refractivity contribution in [2.75, 3.05) is 12.4 Å². The van der Waals surface area contributed by atoms with E-state index in [-0.39, 0.29) is 11.3 Å². The topological polar surface area (TPSA) is 78.3 Å². The van der Waals surface area contributed by atoms with E-state index in [1.165, 1.54) is 16.9 Å². The number of hydrogen-bond acceptors (Lipinski definition) is 5. The number of methoxy groups -OCH3 is 1. The zero-order chi connectivity index (χ0) is 24.4. The number of carbonyl (C=O) groups is 1. The van der Waals surface area contributed by atoms with Gasteiger partial charge in [-0.3, -0.25) is 4.79 Å². The Morgan fingerprint density at radius 1 is 1.00 bits per heavy atom. The van der Waals surface area contributed by atoms with E-state index in [1.807, 2.05) is 19.1 Å². The molecule has 0 aliphatic carbocycles. The number of pyridine rings is 1. The van der Waals surface area contributed by atoms with Crippen molar-refractivity contribution in [3.05, 3.63) is 88.9 Å². The van der Waals surface area contributed by atoms with E-state index < -0.39 is 17.5 Å². The third-order valence-corrected chi connectivity index (χ3v) is 5.18. The fourth-order valence-electron chi connectivity index (χ4n) is 3.54. The minimum absolute atomic E-state index is 0.0516. The van der Waals surface area contributed by atoms with E-state index in [0.717, 1.165) is 17.7 Å². The zero-order valence-electron chi connectivity index (χ0n) is 19.0. The Kier molecular flexibility index (Phi) is 6.27. The first-order valence-electron chi connectivity index (χ1n) is 10.4. The number of aromatic nitrogens is 3. The highest BCUT2D eigenvalue weighted by atomic mass is 19.1. The SMILES string of the molecule is COc1cc(C)ccc1Oc1ccc(NC(=O)c2c(C)nn(-c3ccc(F)cc3F)c2C)cn1. The zero-order valence-corrected chi connectivity index (χ0v) is 19.0. The van der Waals surface area contributed by atoms with Crippen LogP contribution in [0.1, 0.15) is 27.3 Å². The second-order valence-corrected chi connectivity index (χ2v) is 7.65. The molecule has 0 unspecified atom stereocenters. The van der Waals surface area contributed by atoms with E-state index in [9.17, 15) is 13.6 Å². The van der Waals surface area contributed by atoms with Crippen LogP contribution in [0.3, 0.4) is 0 Å². The Bertz CT molecular complexity index is 1370. The molecule has 2 aromatic carbocycles. The number of halogens is 2. The van der Waals surface area contributed by atoms with E-state index in [0.29, 0.717) is 34.5 Å². The summed E-state index contributed by atoms with van der Waals surface area (Å²) in [6, 6.07) is 12.0. The first-order chi connectivity index (χ1) is 16.3. The minimum atomic E-state index is -0.775. The molecule has 0 saturated carbocycles. The Labute approximate surface area is 195 Å². The molecule has 2 heterocycles. The van der Waals surface area contributed by atoms with Crippen molar-refractivity contribution in [3.8, 4) is 23.1 Å². The highest BCUT2D eigenvalue weighted by Gasteiger charge is 2.21. The molecule has 4 aromatic rings. The smallest absolute Gasteiger partial charge is 0.259 e. The van der Waals surface area contributed by atoms with Crippen molar-refractivity contribution < 1.29 is 23.0 Å². The van der Waals surface area contributed by atoms with Crippen molar-refractivity contribution in [3.63, 3.8) is 0 Å². The van der Waals surface area contributed by atoms with Crippen molar-refractivity contribution in [2.45, 2.75) is 20.8 Å². The molecule has 34 heavy (non-hydrogen) atoms. The first-order valence-corrected chi connectivity index (χ1v) is 10.4. The third kappa shape index (κ3) is 4.59. The molecular formula is C25H22F2N4O3. The predicted octanol–water partition coefficient (Wildman–Crippen LogP) is 5.52. The molecular weight excluding hydrogens is 442 g/mol. The number of rotatable bonds is 6. The summed E-state index contributed by atoms with van der Waals surface area (Å²) in [5.74, 6) is -0.473. The summed E-state index contributed by atoms with van der Waals surface area (Å²) in [5.41, 5.74) is 2.63. The van der Waals surface area contributed by atoms with Crippen molar-refractivity contribution >= 4 is 11.6 Å². The standard InChI is InChI=1S/C25H22F2N4O3/c1-14-5-9-21(22(11-14)33-4)34-23-10-7-18(13-28-23)29-25(32)24-15(2)30-31(16(24)3)20-8-6-17(26)12-19(20)27/h5-13H,1-4H3,(H,29,32). The minimum Gasteiger partial charge on any atom is -0.493 e. The maximum absolute atomic E-state index is 14.2. The first kappa shape index (κ1) is 22.9. The molecule has 0 atom stereocenters. The molecule has 0 bridgehead atoms. The molecule has 0 aliphatic rings. The van der Waals surface area contributed by atoms with Gasteiger partial charge in [-0.25, -0.2) is 18.4 Å². The summed E-state index contributed by atoms with van der Waals surface area (Å²) < 4.78 is 39.9.